The Hall–Kier alpha value is -3.95. The van der Waals surface area contributed by atoms with Gasteiger partial charge in [0.1, 0.15) is 19.8 Å². The molecule has 16 nitrogen and oxygen atoms in total. The average Bonchev–Trinajstić information content (AvgIpc) is 3.39. The van der Waals surface area contributed by atoms with Gasteiger partial charge in [-0.15, -0.1) is 0 Å². The maximum absolute atomic E-state index is 13.8. The number of hydrogen-bond donors (Lipinski definition) is 0. The number of rotatable bonds is 51. The van der Waals surface area contributed by atoms with Gasteiger partial charge in [-0.05, 0) is 58.0 Å². The van der Waals surface area contributed by atoms with E-state index < -0.39 is 42.0 Å². The van der Waals surface area contributed by atoms with Crippen molar-refractivity contribution >= 4 is 41.9 Å². The Morgan fingerprint density at radius 2 is 0.671 bits per heavy atom. The quantitative estimate of drug-likeness (QED) is 0.0317. The van der Waals surface area contributed by atoms with Gasteiger partial charge in [-0.25, -0.2) is 4.79 Å². The molecular weight excluding hydrogens is 973 g/mol. The Labute approximate surface area is 460 Å². The molecule has 0 N–H and O–H groups in total. The van der Waals surface area contributed by atoms with Crippen LogP contribution in [0.25, 0.3) is 0 Å². The lowest BCUT2D eigenvalue weighted by atomic mass is 9.94. The summed E-state index contributed by atoms with van der Waals surface area (Å²) in [6.45, 7) is 14.5. The Morgan fingerprint density at radius 1 is 0.368 bits per heavy atom. The van der Waals surface area contributed by atoms with Crippen LogP contribution in [0.4, 0.5) is 4.79 Å². The van der Waals surface area contributed by atoms with Gasteiger partial charge in [-0.3, -0.25) is 38.6 Å². The predicted molar refractivity (Wildman–Crippen MR) is 296 cm³/mol. The molecular formula is C60H108N2O14. The molecule has 0 bridgehead atoms. The van der Waals surface area contributed by atoms with Gasteiger partial charge in [0.25, 0.3) is 0 Å². The number of carbonyl (C=O) groups is 7. The van der Waals surface area contributed by atoms with E-state index in [-0.39, 0.29) is 109 Å². The molecule has 0 radical (unpaired) electrons. The molecule has 442 valence electrons. The highest BCUT2D eigenvalue weighted by Gasteiger charge is 2.44. The standard InChI is InChI=1S/C60H108N2O14/c1-7-13-17-21-25-29-33-54(63)71-44-50(45-72-55(64)34-30-26-22-18-14-8-2)41-58(67)75-48-52-43-53(62(52)60(69)70-40-39-61(37-11-5)38-12-6)49-76-59(68)42-51(46-73-56(65)35-31-27-23-19-15-9-3)47-74-57(66)36-32-28-24-20-16-10-4/h50-53H,7-49H2,1-6H3/t52-,53-/m0/s1. The van der Waals surface area contributed by atoms with Crippen LogP contribution in [-0.2, 0) is 61.9 Å². The number of esters is 6. The molecule has 1 saturated heterocycles. The highest BCUT2D eigenvalue weighted by atomic mass is 16.6. The van der Waals surface area contributed by atoms with E-state index in [1.54, 1.807) is 0 Å². The summed E-state index contributed by atoms with van der Waals surface area (Å²) < 4.78 is 39.6. The van der Waals surface area contributed by atoms with E-state index in [1.165, 1.54) is 30.6 Å². The third kappa shape index (κ3) is 37.8. The van der Waals surface area contributed by atoms with Crippen molar-refractivity contribution in [3.8, 4) is 0 Å². The van der Waals surface area contributed by atoms with E-state index in [4.69, 9.17) is 33.2 Å². The van der Waals surface area contributed by atoms with Crippen LogP contribution in [0.15, 0.2) is 0 Å². The molecule has 0 spiro atoms. The molecule has 0 aromatic heterocycles. The van der Waals surface area contributed by atoms with Crippen LogP contribution in [0.3, 0.4) is 0 Å². The summed E-state index contributed by atoms with van der Waals surface area (Å²) in [4.78, 5) is 95.1. The van der Waals surface area contributed by atoms with Gasteiger partial charge < -0.3 is 33.2 Å². The van der Waals surface area contributed by atoms with Crippen molar-refractivity contribution in [1.82, 2.24) is 9.80 Å². The summed E-state index contributed by atoms with van der Waals surface area (Å²) in [6, 6.07) is -1.15. The fourth-order valence-electron chi connectivity index (χ4n) is 9.23. The number of amides is 1. The normalized spacial score (nSPS) is 14.1. The number of nitrogens with zero attached hydrogens (tertiary/aromatic N) is 2. The Bertz CT molecular complexity index is 1370. The fraction of sp³-hybridized carbons (Fsp3) is 0.883. The van der Waals surface area contributed by atoms with Crippen LogP contribution >= 0.6 is 0 Å². The van der Waals surface area contributed by atoms with Crippen molar-refractivity contribution in [1.29, 1.82) is 0 Å². The molecule has 1 rings (SSSR count). The predicted octanol–water partition coefficient (Wildman–Crippen LogP) is 13.0. The van der Waals surface area contributed by atoms with Crippen LogP contribution in [-0.4, -0.2) is 130 Å². The Balaban J connectivity index is 3.04. The third-order valence-electron chi connectivity index (χ3n) is 13.9. The van der Waals surface area contributed by atoms with Crippen LogP contribution in [0.2, 0.25) is 0 Å². The molecule has 1 aliphatic rings. The largest absolute Gasteiger partial charge is 0.465 e. The highest BCUT2D eigenvalue weighted by molar-refractivity contribution is 5.73. The van der Waals surface area contributed by atoms with E-state index in [0.717, 1.165) is 129 Å². The van der Waals surface area contributed by atoms with Gasteiger partial charge in [0.05, 0.1) is 51.4 Å². The van der Waals surface area contributed by atoms with E-state index in [9.17, 15) is 33.6 Å². The van der Waals surface area contributed by atoms with Crippen LogP contribution in [0.1, 0.15) is 253 Å². The first kappa shape index (κ1) is 70.1. The van der Waals surface area contributed by atoms with Gasteiger partial charge >= 0.3 is 41.9 Å². The van der Waals surface area contributed by atoms with Crippen LogP contribution in [0.5, 0.6) is 0 Å². The second-order valence-corrected chi connectivity index (χ2v) is 21.2. The van der Waals surface area contributed by atoms with Crippen molar-refractivity contribution < 1.29 is 66.7 Å². The minimum absolute atomic E-state index is 0.111. The fourth-order valence-corrected chi connectivity index (χ4v) is 9.23. The zero-order chi connectivity index (χ0) is 55.9. The lowest BCUT2D eigenvalue weighted by Crippen LogP contribution is -2.62. The monoisotopic (exact) mass is 1080 g/mol. The first-order valence-corrected chi connectivity index (χ1v) is 30.5. The summed E-state index contributed by atoms with van der Waals surface area (Å²) in [5, 5.41) is 0. The molecule has 1 amide bonds. The molecule has 0 aliphatic carbocycles. The average molecular weight is 1080 g/mol. The maximum Gasteiger partial charge on any atom is 0.410 e. The summed E-state index contributed by atoms with van der Waals surface area (Å²) >= 11 is 0. The maximum atomic E-state index is 13.8. The molecule has 0 saturated carbocycles. The van der Waals surface area contributed by atoms with Gasteiger partial charge in [0.2, 0.25) is 0 Å². The summed E-state index contributed by atoms with van der Waals surface area (Å²) in [7, 11) is 0. The second kappa shape index (κ2) is 48.2. The second-order valence-electron chi connectivity index (χ2n) is 21.2. The van der Waals surface area contributed by atoms with Crippen LogP contribution in [0, 0.1) is 11.8 Å². The van der Waals surface area contributed by atoms with Gasteiger partial charge in [0.15, 0.2) is 0 Å². The van der Waals surface area contributed by atoms with Crippen molar-refractivity contribution in [2.75, 3.05) is 65.9 Å². The highest BCUT2D eigenvalue weighted by Crippen LogP contribution is 2.28. The van der Waals surface area contributed by atoms with E-state index in [1.807, 2.05) is 0 Å². The van der Waals surface area contributed by atoms with Crippen molar-refractivity contribution in [3.63, 3.8) is 0 Å². The minimum Gasteiger partial charge on any atom is -0.465 e. The molecule has 1 aliphatic heterocycles. The smallest absolute Gasteiger partial charge is 0.410 e. The first-order chi connectivity index (χ1) is 36.9. The summed E-state index contributed by atoms with van der Waals surface area (Å²) in [6.07, 6.45) is 26.9. The lowest BCUT2D eigenvalue weighted by molar-refractivity contribution is -0.159. The van der Waals surface area contributed by atoms with Crippen LogP contribution < -0.4 is 0 Å². The topological polar surface area (TPSA) is 191 Å². The zero-order valence-electron chi connectivity index (χ0n) is 48.8. The number of carbonyl (C=O) groups excluding carboxylic acids is 7. The molecule has 1 fully saturated rings. The Kier molecular flexibility index (Phi) is 44.4. The van der Waals surface area contributed by atoms with Crippen molar-refractivity contribution in [3.05, 3.63) is 0 Å². The SMILES string of the molecule is CCCCCCCCC(=O)OCC(COC(=O)CCCCCCCC)CC(=O)OC[C@@H]1C[C@@H](COC(=O)CC(COC(=O)CCCCCCCC)COC(=O)CCCCCCCC)N1C(=O)OCCN(CCC)CCC. The molecule has 2 atom stereocenters. The van der Waals surface area contributed by atoms with Crippen molar-refractivity contribution in [2.45, 2.75) is 266 Å². The molecule has 0 aromatic carbocycles. The van der Waals surface area contributed by atoms with E-state index in [2.05, 4.69) is 46.4 Å². The number of ether oxygens (including phenoxy) is 7. The number of unbranched alkanes of at least 4 members (excludes halogenated alkanes) is 20. The van der Waals surface area contributed by atoms with Crippen molar-refractivity contribution in [2.24, 2.45) is 11.8 Å². The molecule has 1 heterocycles. The minimum atomic E-state index is -0.630. The number of hydrogen-bond acceptors (Lipinski definition) is 15. The zero-order valence-corrected chi connectivity index (χ0v) is 48.8. The van der Waals surface area contributed by atoms with Gasteiger partial charge in [-0.2, -0.15) is 0 Å². The van der Waals surface area contributed by atoms with Gasteiger partial charge in [0, 0.05) is 44.1 Å². The summed E-state index contributed by atoms with van der Waals surface area (Å²) in [5.41, 5.74) is 0. The van der Waals surface area contributed by atoms with E-state index >= 15 is 0 Å². The molecule has 0 unspecified atom stereocenters. The summed E-state index contributed by atoms with van der Waals surface area (Å²) in [5.74, 6) is -3.93. The lowest BCUT2D eigenvalue weighted by Gasteiger charge is -2.46. The molecule has 0 aromatic rings. The van der Waals surface area contributed by atoms with Gasteiger partial charge in [-0.1, -0.05) is 170 Å². The third-order valence-corrected chi connectivity index (χ3v) is 13.9. The van der Waals surface area contributed by atoms with E-state index in [0.29, 0.717) is 38.6 Å². The molecule has 16 heteroatoms. The Morgan fingerprint density at radius 3 is 0.974 bits per heavy atom. The number of likely N-dealkylation sites (tertiary alicyclic amines) is 1. The first-order valence-electron chi connectivity index (χ1n) is 30.5. The molecule has 76 heavy (non-hydrogen) atoms.